The largest absolute Gasteiger partial charge is 0.496 e. The van der Waals surface area contributed by atoms with E-state index in [9.17, 15) is 13.2 Å². The Morgan fingerprint density at radius 2 is 1.76 bits per heavy atom. The van der Waals surface area contributed by atoms with Crippen molar-refractivity contribution in [1.29, 1.82) is 0 Å². The zero-order chi connectivity index (χ0) is 15.6. The zero-order valence-electron chi connectivity index (χ0n) is 11.0. The first-order valence-electron chi connectivity index (χ1n) is 5.92. The van der Waals surface area contributed by atoms with Crippen LogP contribution < -0.4 is 16.0 Å². The Labute approximate surface area is 128 Å². The number of nitrogens with two attached hydrogens (primary N) is 1. The van der Waals surface area contributed by atoms with Crippen LogP contribution in [0.25, 0.3) is 0 Å². The summed E-state index contributed by atoms with van der Waals surface area (Å²) in [4.78, 5) is 0. The van der Waals surface area contributed by atoms with Gasteiger partial charge in [0.25, 0.3) is 0 Å². The smallest absolute Gasteiger partial charge is 0.132 e. The molecule has 0 aliphatic heterocycles. The number of halogens is 4. The van der Waals surface area contributed by atoms with Crippen molar-refractivity contribution in [2.24, 2.45) is 5.84 Å². The number of hydrogen-bond acceptors (Lipinski definition) is 3. The van der Waals surface area contributed by atoms with Crippen LogP contribution in [-0.4, -0.2) is 7.11 Å². The van der Waals surface area contributed by atoms with E-state index in [1.54, 1.807) is 0 Å². The minimum Gasteiger partial charge on any atom is -0.496 e. The molecule has 0 bridgehead atoms. The number of ether oxygens (including phenoxy) is 1. The van der Waals surface area contributed by atoms with Crippen molar-refractivity contribution in [2.45, 2.75) is 6.04 Å². The quantitative estimate of drug-likeness (QED) is 0.648. The lowest BCUT2D eigenvalue weighted by Crippen LogP contribution is -2.30. The van der Waals surface area contributed by atoms with Crippen LogP contribution >= 0.6 is 15.9 Å². The van der Waals surface area contributed by atoms with E-state index < -0.39 is 23.5 Å². The van der Waals surface area contributed by atoms with E-state index in [2.05, 4.69) is 21.4 Å². The number of hydrogen-bond donors (Lipinski definition) is 2. The van der Waals surface area contributed by atoms with E-state index in [4.69, 9.17) is 10.6 Å². The maximum absolute atomic E-state index is 14.1. The Morgan fingerprint density at radius 1 is 1.14 bits per heavy atom. The predicted molar refractivity (Wildman–Crippen MR) is 76.2 cm³/mol. The molecule has 7 heteroatoms. The molecule has 2 aromatic carbocycles. The van der Waals surface area contributed by atoms with E-state index in [1.165, 1.54) is 19.2 Å². The van der Waals surface area contributed by atoms with Crippen LogP contribution in [-0.2, 0) is 0 Å². The molecule has 0 radical (unpaired) electrons. The minimum absolute atomic E-state index is 0.195. The highest BCUT2D eigenvalue weighted by molar-refractivity contribution is 9.10. The third kappa shape index (κ3) is 3.20. The number of methoxy groups -OCH3 is 1. The lowest BCUT2D eigenvalue weighted by Gasteiger charge is -2.21. The molecule has 0 fully saturated rings. The molecule has 1 unspecified atom stereocenters. The third-order valence-electron chi connectivity index (χ3n) is 3.00. The number of benzene rings is 2. The number of hydrazine groups is 1. The monoisotopic (exact) mass is 360 g/mol. The second-order valence-electron chi connectivity index (χ2n) is 4.27. The van der Waals surface area contributed by atoms with Crippen LogP contribution in [0.1, 0.15) is 17.2 Å². The van der Waals surface area contributed by atoms with Gasteiger partial charge in [0, 0.05) is 15.6 Å². The van der Waals surface area contributed by atoms with Crippen molar-refractivity contribution in [3.8, 4) is 5.75 Å². The summed E-state index contributed by atoms with van der Waals surface area (Å²) < 4.78 is 46.9. The molecule has 2 rings (SSSR count). The maximum atomic E-state index is 14.1. The summed E-state index contributed by atoms with van der Waals surface area (Å²) >= 11 is 3.00. The Hall–Kier alpha value is -1.57. The van der Waals surface area contributed by atoms with Crippen LogP contribution in [0.15, 0.2) is 34.8 Å². The van der Waals surface area contributed by atoms with E-state index in [0.717, 1.165) is 18.2 Å². The van der Waals surface area contributed by atoms with Gasteiger partial charge in [-0.1, -0.05) is 15.9 Å². The van der Waals surface area contributed by atoms with Crippen molar-refractivity contribution < 1.29 is 17.9 Å². The van der Waals surface area contributed by atoms with E-state index in [0.29, 0.717) is 0 Å². The summed E-state index contributed by atoms with van der Waals surface area (Å²) in [5, 5.41) is 0. The van der Waals surface area contributed by atoms with Gasteiger partial charge in [-0.2, -0.15) is 0 Å². The van der Waals surface area contributed by atoms with E-state index in [-0.39, 0.29) is 21.3 Å². The Balaban J connectivity index is 2.63. The molecule has 0 saturated carbocycles. The Bertz CT molecular complexity index is 644. The fourth-order valence-electron chi connectivity index (χ4n) is 2.09. The van der Waals surface area contributed by atoms with Gasteiger partial charge in [-0.25, -0.2) is 18.6 Å². The van der Waals surface area contributed by atoms with Crippen LogP contribution in [0.4, 0.5) is 13.2 Å². The van der Waals surface area contributed by atoms with Crippen LogP contribution in [0.3, 0.4) is 0 Å². The molecule has 21 heavy (non-hydrogen) atoms. The van der Waals surface area contributed by atoms with Crippen LogP contribution in [0.5, 0.6) is 5.75 Å². The van der Waals surface area contributed by atoms with Crippen LogP contribution in [0.2, 0.25) is 0 Å². The van der Waals surface area contributed by atoms with Gasteiger partial charge in [-0.3, -0.25) is 5.84 Å². The predicted octanol–water partition coefficient (Wildman–Crippen LogP) is 3.43. The zero-order valence-corrected chi connectivity index (χ0v) is 12.5. The highest BCUT2D eigenvalue weighted by atomic mass is 79.9. The summed E-state index contributed by atoms with van der Waals surface area (Å²) in [6.45, 7) is 0. The molecular formula is C14H12BrF3N2O. The summed E-state index contributed by atoms with van der Waals surface area (Å²) in [7, 11) is 1.37. The van der Waals surface area contributed by atoms with Gasteiger partial charge in [0.05, 0.1) is 13.2 Å². The first kappa shape index (κ1) is 15.8. The molecule has 0 spiro atoms. The van der Waals surface area contributed by atoms with Gasteiger partial charge < -0.3 is 4.74 Å². The van der Waals surface area contributed by atoms with Gasteiger partial charge in [0.15, 0.2) is 0 Å². The first-order valence-corrected chi connectivity index (χ1v) is 6.71. The molecular weight excluding hydrogens is 349 g/mol. The molecule has 3 nitrogen and oxygen atoms in total. The number of rotatable bonds is 4. The topological polar surface area (TPSA) is 47.3 Å². The molecule has 0 aliphatic rings. The standard InChI is InChI=1S/C14H12BrF3N2O/c1-21-12-3-2-8(16)6-9(12)14(20-19)13-10(17)4-7(15)5-11(13)18/h2-6,14,20H,19H2,1H3. The average Bonchev–Trinajstić information content (AvgIpc) is 2.42. The van der Waals surface area contributed by atoms with E-state index >= 15 is 0 Å². The maximum Gasteiger partial charge on any atom is 0.132 e. The highest BCUT2D eigenvalue weighted by Gasteiger charge is 2.25. The second kappa shape index (κ2) is 6.46. The van der Waals surface area contributed by atoms with Crippen molar-refractivity contribution in [3.63, 3.8) is 0 Å². The fraction of sp³-hybridized carbons (Fsp3) is 0.143. The SMILES string of the molecule is COc1ccc(F)cc1C(NN)c1c(F)cc(Br)cc1F. The third-order valence-corrected chi connectivity index (χ3v) is 3.46. The molecule has 2 aromatic rings. The molecule has 112 valence electrons. The molecule has 0 heterocycles. The normalized spacial score (nSPS) is 12.3. The van der Waals surface area contributed by atoms with Gasteiger partial charge in [-0.15, -0.1) is 0 Å². The molecule has 3 N–H and O–H groups in total. The lowest BCUT2D eigenvalue weighted by molar-refractivity contribution is 0.400. The Morgan fingerprint density at radius 3 is 2.29 bits per heavy atom. The molecule has 1 atom stereocenters. The van der Waals surface area contributed by atoms with Crippen LogP contribution in [0, 0.1) is 17.5 Å². The van der Waals surface area contributed by atoms with Gasteiger partial charge in [0.2, 0.25) is 0 Å². The molecule has 0 aliphatic carbocycles. The Kier molecular flexibility index (Phi) is 4.87. The van der Waals surface area contributed by atoms with Crippen molar-refractivity contribution in [3.05, 3.63) is 63.4 Å². The fourth-order valence-corrected chi connectivity index (χ4v) is 2.49. The molecule has 0 aromatic heterocycles. The summed E-state index contributed by atoms with van der Waals surface area (Å²) in [6, 6.07) is 4.78. The van der Waals surface area contributed by atoms with Crippen molar-refractivity contribution in [1.82, 2.24) is 5.43 Å². The molecule has 0 saturated heterocycles. The number of nitrogens with one attached hydrogen (secondary N) is 1. The van der Waals surface area contributed by atoms with Crippen molar-refractivity contribution in [2.75, 3.05) is 7.11 Å². The van der Waals surface area contributed by atoms with Gasteiger partial charge in [-0.05, 0) is 30.3 Å². The highest BCUT2D eigenvalue weighted by Crippen LogP contribution is 2.34. The second-order valence-corrected chi connectivity index (χ2v) is 5.18. The van der Waals surface area contributed by atoms with Gasteiger partial charge in [0.1, 0.15) is 23.2 Å². The first-order chi connectivity index (χ1) is 9.97. The van der Waals surface area contributed by atoms with Crippen molar-refractivity contribution >= 4 is 15.9 Å². The minimum atomic E-state index is -1.09. The summed E-state index contributed by atoms with van der Waals surface area (Å²) in [5.41, 5.74) is 2.18. The summed E-state index contributed by atoms with van der Waals surface area (Å²) in [5.74, 6) is 3.49. The molecule has 0 amide bonds. The lowest BCUT2D eigenvalue weighted by atomic mass is 9.97. The van der Waals surface area contributed by atoms with E-state index in [1.807, 2.05) is 0 Å². The summed E-state index contributed by atoms with van der Waals surface area (Å²) in [6.07, 6.45) is 0. The van der Waals surface area contributed by atoms with Gasteiger partial charge >= 0.3 is 0 Å². The average molecular weight is 361 g/mol.